The molecule has 0 amide bonds. The van der Waals surface area contributed by atoms with Crippen molar-refractivity contribution in [1.82, 2.24) is 0 Å². The standard InChI is InChI=1S/C38H48ClN2.C36H44ClN2/c1-7-9-26-40-32-20-13-11-18-30(32)37(3,4)34(40)24-22-28-16-15-17-29(36(28)39)23-25-35-38(5,6)31-19-12-14-21-33(31)41(35)27-10-8-2;1-7-24-38-30-18-11-9-16-28(30)35(3,4)32(38)22-20-26-14-13-15-27(34(26)37)21-23-33-36(5,6)29-17-10-12-19-31(29)39(33)25-8-2/h11-14,18-25H,7-10,15-17,26-27H2,1-6H3;9-12,16-23H,7-8,13-15,24-25H2,1-6H3/q2*+1. The summed E-state index contributed by atoms with van der Waals surface area (Å²) in [5.74, 6) is 0. The molecule has 0 saturated heterocycles. The van der Waals surface area contributed by atoms with E-state index >= 15 is 0 Å². The van der Waals surface area contributed by atoms with Crippen molar-refractivity contribution in [2.45, 2.75) is 182 Å². The molecule has 0 fully saturated rings. The number of para-hydroxylation sites is 4. The van der Waals surface area contributed by atoms with Gasteiger partial charge in [0.25, 0.3) is 0 Å². The van der Waals surface area contributed by atoms with Crippen LogP contribution in [0.5, 0.6) is 0 Å². The molecule has 0 unspecified atom stereocenters. The van der Waals surface area contributed by atoms with Gasteiger partial charge in [0.05, 0.1) is 10.8 Å². The zero-order chi connectivity index (χ0) is 57.0. The van der Waals surface area contributed by atoms with Crippen molar-refractivity contribution in [3.63, 3.8) is 0 Å². The molecule has 0 aromatic heterocycles. The number of halogens is 2. The maximum atomic E-state index is 7.17. The van der Waals surface area contributed by atoms with Crippen LogP contribution in [0.15, 0.2) is 189 Å². The normalized spacial score (nSPS) is 21.7. The molecule has 4 aromatic carbocycles. The lowest BCUT2D eigenvalue weighted by Crippen LogP contribution is -2.28. The predicted molar refractivity (Wildman–Crippen MR) is 347 cm³/mol. The van der Waals surface area contributed by atoms with Gasteiger partial charge in [-0.2, -0.15) is 9.15 Å². The van der Waals surface area contributed by atoms with Crippen LogP contribution < -0.4 is 9.80 Å². The van der Waals surface area contributed by atoms with Crippen LogP contribution in [0.3, 0.4) is 0 Å². The molecule has 420 valence electrons. The molecule has 4 aliphatic heterocycles. The lowest BCUT2D eigenvalue weighted by Gasteiger charge is -2.27. The third kappa shape index (κ3) is 11.3. The molecule has 0 atom stereocenters. The largest absolute Gasteiger partial charge is 0.344 e. The van der Waals surface area contributed by atoms with Gasteiger partial charge in [-0.25, -0.2) is 0 Å². The smallest absolute Gasteiger partial charge is 0.209 e. The Morgan fingerprint density at radius 2 is 0.838 bits per heavy atom. The van der Waals surface area contributed by atoms with Crippen LogP contribution >= 0.6 is 23.2 Å². The average molecular weight is 1110 g/mol. The molecule has 10 rings (SSSR count). The molecule has 80 heavy (non-hydrogen) atoms. The van der Waals surface area contributed by atoms with Gasteiger partial charge in [-0.05, 0) is 137 Å². The maximum Gasteiger partial charge on any atom is 0.209 e. The van der Waals surface area contributed by atoms with Crippen LogP contribution in [-0.4, -0.2) is 46.8 Å². The lowest BCUT2D eigenvalue weighted by atomic mass is 9.81. The van der Waals surface area contributed by atoms with E-state index in [2.05, 4.69) is 248 Å². The van der Waals surface area contributed by atoms with E-state index in [-0.39, 0.29) is 21.7 Å². The molecule has 0 spiro atoms. The first-order valence-electron chi connectivity index (χ1n) is 30.6. The van der Waals surface area contributed by atoms with Gasteiger partial charge in [-0.15, -0.1) is 0 Å². The molecule has 0 radical (unpaired) electrons. The van der Waals surface area contributed by atoms with E-state index in [4.69, 9.17) is 23.2 Å². The molecule has 0 saturated carbocycles. The first-order valence-corrected chi connectivity index (χ1v) is 31.4. The summed E-state index contributed by atoms with van der Waals surface area (Å²) in [6.45, 7) is 32.0. The van der Waals surface area contributed by atoms with Crippen molar-refractivity contribution < 1.29 is 9.15 Å². The summed E-state index contributed by atoms with van der Waals surface area (Å²) in [6.07, 6.45) is 32.0. The molecule has 0 bridgehead atoms. The maximum absolute atomic E-state index is 7.17. The SMILES string of the molecule is CCCCN1C(=CC=C2CCCC(C=CC3=[N+](CCCC)c4ccccc4C3(C)C)=C2Cl)C(C)(C)c2ccccc21.CCCN1C(=CC=C2CCCC(C=CC3=[N+](CCC)c4ccccc4C3(C)C)=C2Cl)C(C)(C)c2ccccc21. The van der Waals surface area contributed by atoms with Gasteiger partial charge in [0, 0.05) is 105 Å². The number of hydrogen-bond acceptors (Lipinski definition) is 2. The lowest BCUT2D eigenvalue weighted by molar-refractivity contribution is -0.438. The Hall–Kier alpha value is -5.68. The van der Waals surface area contributed by atoms with E-state index in [1.807, 2.05) is 0 Å². The number of unbranched alkanes of at least 4 members (excludes halogenated alkanes) is 2. The van der Waals surface area contributed by atoms with Crippen molar-refractivity contribution in [2.24, 2.45) is 0 Å². The minimum Gasteiger partial charge on any atom is -0.344 e. The Kier molecular flexibility index (Phi) is 18.3. The highest BCUT2D eigenvalue weighted by Crippen LogP contribution is 2.50. The second-order valence-electron chi connectivity index (χ2n) is 25.2. The number of benzene rings is 4. The summed E-state index contributed by atoms with van der Waals surface area (Å²) in [5.41, 5.74) is 21.4. The molecular formula is C74H92Cl2N4+2. The number of allylic oxidation sites excluding steroid dienone is 16. The van der Waals surface area contributed by atoms with Gasteiger partial charge < -0.3 is 9.80 Å². The summed E-state index contributed by atoms with van der Waals surface area (Å²) in [7, 11) is 0. The Morgan fingerprint density at radius 3 is 1.27 bits per heavy atom. The first-order chi connectivity index (χ1) is 38.4. The van der Waals surface area contributed by atoms with E-state index in [1.165, 1.54) is 116 Å². The van der Waals surface area contributed by atoms with Crippen LogP contribution in [0.2, 0.25) is 0 Å². The average Bonchev–Trinajstić information content (AvgIpc) is 4.09. The fourth-order valence-corrected chi connectivity index (χ4v) is 14.4. The van der Waals surface area contributed by atoms with Gasteiger partial charge in [-0.1, -0.05) is 189 Å². The molecule has 4 aromatic rings. The van der Waals surface area contributed by atoms with Gasteiger partial charge in [-0.3, -0.25) is 0 Å². The molecular weight excluding hydrogens is 1020 g/mol. The molecule has 2 aliphatic carbocycles. The quantitative estimate of drug-likeness (QED) is 0.104. The fraction of sp³-hybridized carbons (Fsp3) is 0.432. The second-order valence-corrected chi connectivity index (χ2v) is 25.9. The third-order valence-corrected chi connectivity index (χ3v) is 19.2. The highest BCUT2D eigenvalue weighted by Gasteiger charge is 2.46. The third-order valence-electron chi connectivity index (χ3n) is 18.2. The highest BCUT2D eigenvalue weighted by atomic mass is 35.5. The fourth-order valence-electron chi connectivity index (χ4n) is 13.7. The predicted octanol–water partition coefficient (Wildman–Crippen LogP) is 20.2. The summed E-state index contributed by atoms with van der Waals surface area (Å²) in [5, 5.41) is 1.87. The van der Waals surface area contributed by atoms with Crippen molar-refractivity contribution in [3.05, 3.63) is 212 Å². The van der Waals surface area contributed by atoms with Gasteiger partial charge >= 0.3 is 0 Å². The Morgan fingerprint density at radius 1 is 0.425 bits per heavy atom. The van der Waals surface area contributed by atoms with E-state index < -0.39 is 0 Å². The van der Waals surface area contributed by atoms with E-state index in [9.17, 15) is 0 Å². The van der Waals surface area contributed by atoms with Gasteiger partial charge in [0.1, 0.15) is 13.1 Å². The molecule has 0 N–H and O–H groups in total. The first kappa shape index (κ1) is 59.0. The van der Waals surface area contributed by atoms with E-state index in [1.54, 1.807) is 0 Å². The minimum absolute atomic E-state index is 0.0289. The number of anilines is 2. The summed E-state index contributed by atoms with van der Waals surface area (Å²) in [6, 6.07) is 35.5. The Bertz CT molecular complexity index is 3300. The second kappa shape index (κ2) is 24.8. The molecule has 6 heteroatoms. The van der Waals surface area contributed by atoms with Crippen molar-refractivity contribution in [3.8, 4) is 0 Å². The topological polar surface area (TPSA) is 12.5 Å². The zero-order valence-electron chi connectivity index (χ0n) is 50.7. The van der Waals surface area contributed by atoms with Crippen molar-refractivity contribution >= 4 is 57.4 Å². The number of hydrogen-bond donors (Lipinski definition) is 0. The van der Waals surface area contributed by atoms with Gasteiger partial charge in [0.15, 0.2) is 11.4 Å². The molecule has 4 nitrogen and oxygen atoms in total. The van der Waals surface area contributed by atoms with Crippen LogP contribution in [0, 0.1) is 0 Å². The van der Waals surface area contributed by atoms with Crippen LogP contribution in [-0.2, 0) is 21.7 Å². The zero-order valence-corrected chi connectivity index (χ0v) is 52.2. The van der Waals surface area contributed by atoms with Crippen molar-refractivity contribution in [1.29, 1.82) is 0 Å². The van der Waals surface area contributed by atoms with E-state index in [0.29, 0.717) is 0 Å². The highest BCUT2D eigenvalue weighted by molar-refractivity contribution is 6.33. The number of rotatable bonds is 16. The minimum atomic E-state index is -0.0311. The van der Waals surface area contributed by atoms with E-state index in [0.717, 1.165) is 87.6 Å². The van der Waals surface area contributed by atoms with Crippen molar-refractivity contribution in [2.75, 3.05) is 36.0 Å². The van der Waals surface area contributed by atoms with Gasteiger partial charge in [0.2, 0.25) is 11.4 Å². The van der Waals surface area contributed by atoms with Crippen LogP contribution in [0.1, 0.15) is 182 Å². The Labute approximate surface area is 493 Å². The monoisotopic (exact) mass is 1110 g/mol. The van der Waals surface area contributed by atoms with Crippen LogP contribution in [0.25, 0.3) is 0 Å². The molecule has 4 heterocycles. The van der Waals surface area contributed by atoms with Crippen LogP contribution in [0.4, 0.5) is 22.7 Å². The summed E-state index contributed by atoms with van der Waals surface area (Å²) in [4.78, 5) is 5.05. The number of nitrogens with zero attached hydrogens (tertiary/aromatic N) is 4. The Balaban J connectivity index is 0.000000194. The number of fused-ring (bicyclic) bond motifs is 4. The summed E-state index contributed by atoms with van der Waals surface area (Å²) < 4.78 is 5.05. The summed E-state index contributed by atoms with van der Waals surface area (Å²) >= 11 is 14.3. The molecule has 6 aliphatic rings.